The highest BCUT2D eigenvalue weighted by atomic mass is 79.9. The molecule has 0 amide bonds. The van der Waals surface area contributed by atoms with Gasteiger partial charge in [0.15, 0.2) is 0 Å². The Balaban J connectivity index is 1.88. The summed E-state index contributed by atoms with van der Waals surface area (Å²) in [6.45, 7) is 1.63. The van der Waals surface area contributed by atoms with Crippen molar-refractivity contribution in [3.63, 3.8) is 0 Å². The second-order valence-corrected chi connectivity index (χ2v) is 4.52. The minimum absolute atomic E-state index is 0.0943. The van der Waals surface area contributed by atoms with Crippen LogP contribution in [-0.4, -0.2) is 26.0 Å². The summed E-state index contributed by atoms with van der Waals surface area (Å²) in [5.41, 5.74) is 0.498. The smallest absolute Gasteiger partial charge is 0.147 e. The molecule has 1 heterocycles. The van der Waals surface area contributed by atoms with Crippen LogP contribution in [0, 0.1) is 5.82 Å². The molecule has 5 heteroatoms. The minimum Gasteiger partial charge on any atom is -0.380 e. The maximum absolute atomic E-state index is 13.4. The van der Waals surface area contributed by atoms with Crippen molar-refractivity contribution in [2.75, 3.05) is 25.3 Å². The van der Waals surface area contributed by atoms with Crippen LogP contribution in [0.4, 0.5) is 10.1 Å². The third kappa shape index (κ3) is 3.17. The molecule has 0 bridgehead atoms. The van der Waals surface area contributed by atoms with Crippen molar-refractivity contribution in [3.8, 4) is 0 Å². The van der Waals surface area contributed by atoms with E-state index >= 15 is 0 Å². The van der Waals surface area contributed by atoms with Gasteiger partial charge in [0.1, 0.15) is 12.6 Å². The number of ether oxygens (including phenoxy) is 2. The zero-order valence-electron chi connectivity index (χ0n) is 8.71. The molecule has 2 rings (SSSR count). The highest BCUT2D eigenvalue weighted by Gasteiger charge is 2.14. The van der Waals surface area contributed by atoms with E-state index in [2.05, 4.69) is 21.2 Å². The van der Waals surface area contributed by atoms with Crippen LogP contribution >= 0.6 is 15.9 Å². The number of halogens is 2. The first-order chi connectivity index (χ1) is 7.75. The average molecular weight is 290 g/mol. The van der Waals surface area contributed by atoms with E-state index in [9.17, 15) is 4.39 Å². The van der Waals surface area contributed by atoms with Crippen molar-refractivity contribution in [3.05, 3.63) is 28.5 Å². The van der Waals surface area contributed by atoms with Gasteiger partial charge in [0.2, 0.25) is 0 Å². The molecule has 1 aromatic rings. The Labute approximate surface area is 102 Å². The van der Waals surface area contributed by atoms with Crippen LogP contribution in [0.15, 0.2) is 22.7 Å². The molecule has 1 unspecified atom stereocenters. The molecule has 1 aliphatic rings. The van der Waals surface area contributed by atoms with Gasteiger partial charge in [0.05, 0.1) is 18.4 Å². The van der Waals surface area contributed by atoms with Gasteiger partial charge in [-0.2, -0.15) is 0 Å². The van der Waals surface area contributed by atoms with Gasteiger partial charge in [-0.15, -0.1) is 0 Å². The first-order valence-electron chi connectivity index (χ1n) is 5.14. The maximum atomic E-state index is 13.4. The van der Waals surface area contributed by atoms with Crippen molar-refractivity contribution in [2.45, 2.75) is 12.5 Å². The SMILES string of the molecule is Fc1cc(Br)ccc1NCC1CCOCO1. The molecule has 1 saturated heterocycles. The third-order valence-electron chi connectivity index (χ3n) is 2.42. The zero-order valence-corrected chi connectivity index (χ0v) is 10.3. The summed E-state index contributed by atoms with van der Waals surface area (Å²) < 4.78 is 24.6. The van der Waals surface area contributed by atoms with E-state index < -0.39 is 0 Å². The lowest BCUT2D eigenvalue weighted by Gasteiger charge is -2.23. The fourth-order valence-electron chi connectivity index (χ4n) is 1.52. The molecule has 1 aromatic carbocycles. The van der Waals surface area contributed by atoms with Crippen LogP contribution in [0.3, 0.4) is 0 Å². The third-order valence-corrected chi connectivity index (χ3v) is 2.92. The normalized spacial score (nSPS) is 20.8. The summed E-state index contributed by atoms with van der Waals surface area (Å²) in [4.78, 5) is 0. The monoisotopic (exact) mass is 289 g/mol. The molecular formula is C11H13BrFNO2. The molecule has 0 spiro atoms. The largest absolute Gasteiger partial charge is 0.380 e. The van der Waals surface area contributed by atoms with E-state index in [0.29, 0.717) is 25.6 Å². The van der Waals surface area contributed by atoms with Crippen molar-refractivity contribution in [1.82, 2.24) is 0 Å². The topological polar surface area (TPSA) is 30.5 Å². The van der Waals surface area contributed by atoms with Crippen LogP contribution in [0.25, 0.3) is 0 Å². The predicted molar refractivity (Wildman–Crippen MR) is 62.9 cm³/mol. The molecule has 1 N–H and O–H groups in total. The fourth-order valence-corrected chi connectivity index (χ4v) is 1.85. The van der Waals surface area contributed by atoms with Crippen molar-refractivity contribution in [1.29, 1.82) is 0 Å². The zero-order chi connectivity index (χ0) is 11.4. The van der Waals surface area contributed by atoms with Gasteiger partial charge in [-0.05, 0) is 24.6 Å². The summed E-state index contributed by atoms with van der Waals surface area (Å²) in [5, 5.41) is 3.03. The van der Waals surface area contributed by atoms with Crippen molar-refractivity contribution < 1.29 is 13.9 Å². The Morgan fingerprint density at radius 2 is 2.38 bits per heavy atom. The van der Waals surface area contributed by atoms with Crippen LogP contribution in [0.2, 0.25) is 0 Å². The van der Waals surface area contributed by atoms with E-state index in [-0.39, 0.29) is 11.9 Å². The number of benzene rings is 1. The lowest BCUT2D eigenvalue weighted by Crippen LogP contribution is -2.30. The summed E-state index contributed by atoms with van der Waals surface area (Å²) in [6, 6.07) is 4.95. The van der Waals surface area contributed by atoms with Gasteiger partial charge in [0, 0.05) is 11.0 Å². The minimum atomic E-state index is -0.263. The molecular weight excluding hydrogens is 277 g/mol. The molecule has 16 heavy (non-hydrogen) atoms. The lowest BCUT2D eigenvalue weighted by atomic mass is 10.2. The van der Waals surface area contributed by atoms with Crippen LogP contribution < -0.4 is 5.32 Å². The highest BCUT2D eigenvalue weighted by molar-refractivity contribution is 9.10. The molecule has 0 aromatic heterocycles. The first kappa shape index (κ1) is 11.8. The molecule has 3 nitrogen and oxygen atoms in total. The number of rotatable bonds is 3. The van der Waals surface area contributed by atoms with Gasteiger partial charge in [-0.3, -0.25) is 0 Å². The Hall–Kier alpha value is -0.650. The van der Waals surface area contributed by atoms with E-state index in [1.165, 1.54) is 6.07 Å². The van der Waals surface area contributed by atoms with Gasteiger partial charge in [-0.25, -0.2) is 4.39 Å². The molecule has 0 aliphatic carbocycles. The number of anilines is 1. The molecule has 1 fully saturated rings. The maximum Gasteiger partial charge on any atom is 0.147 e. The van der Waals surface area contributed by atoms with Crippen LogP contribution in [0.5, 0.6) is 0 Å². The summed E-state index contributed by atoms with van der Waals surface area (Å²) >= 11 is 3.21. The Kier molecular flexibility index (Phi) is 4.15. The van der Waals surface area contributed by atoms with Gasteiger partial charge in [0.25, 0.3) is 0 Å². The van der Waals surface area contributed by atoms with Gasteiger partial charge < -0.3 is 14.8 Å². The standard InChI is InChI=1S/C11H13BrFNO2/c12-8-1-2-11(10(13)5-8)14-6-9-3-4-15-7-16-9/h1-2,5,9,14H,3-4,6-7H2. The van der Waals surface area contributed by atoms with Gasteiger partial charge in [-0.1, -0.05) is 15.9 Å². The summed E-state index contributed by atoms with van der Waals surface area (Å²) in [5.74, 6) is -0.263. The Morgan fingerprint density at radius 1 is 1.50 bits per heavy atom. The molecule has 1 atom stereocenters. The van der Waals surface area contributed by atoms with Crippen LogP contribution in [-0.2, 0) is 9.47 Å². The average Bonchev–Trinajstić information content (AvgIpc) is 2.29. The predicted octanol–water partition coefficient (Wildman–Crippen LogP) is 2.76. The van der Waals surface area contributed by atoms with Crippen molar-refractivity contribution in [2.24, 2.45) is 0 Å². The van der Waals surface area contributed by atoms with Crippen molar-refractivity contribution >= 4 is 21.6 Å². The van der Waals surface area contributed by atoms with E-state index in [0.717, 1.165) is 10.9 Å². The summed E-state index contributed by atoms with van der Waals surface area (Å²) in [6.07, 6.45) is 0.933. The molecule has 88 valence electrons. The lowest BCUT2D eigenvalue weighted by molar-refractivity contribution is -0.133. The summed E-state index contributed by atoms with van der Waals surface area (Å²) in [7, 11) is 0. The van der Waals surface area contributed by atoms with Crippen LogP contribution in [0.1, 0.15) is 6.42 Å². The Morgan fingerprint density at radius 3 is 3.06 bits per heavy atom. The van der Waals surface area contributed by atoms with E-state index in [4.69, 9.17) is 9.47 Å². The number of nitrogens with one attached hydrogen (secondary N) is 1. The number of hydrogen-bond acceptors (Lipinski definition) is 3. The van der Waals surface area contributed by atoms with Gasteiger partial charge >= 0.3 is 0 Å². The second kappa shape index (κ2) is 5.61. The number of hydrogen-bond donors (Lipinski definition) is 1. The molecule has 1 aliphatic heterocycles. The molecule has 0 radical (unpaired) electrons. The van der Waals surface area contributed by atoms with E-state index in [1.54, 1.807) is 12.1 Å². The highest BCUT2D eigenvalue weighted by Crippen LogP contribution is 2.19. The fraction of sp³-hybridized carbons (Fsp3) is 0.455. The second-order valence-electron chi connectivity index (χ2n) is 3.61. The quantitative estimate of drug-likeness (QED) is 0.928. The Bertz CT molecular complexity index is 356. The van der Waals surface area contributed by atoms with E-state index in [1.807, 2.05) is 0 Å². The molecule has 0 saturated carbocycles. The first-order valence-corrected chi connectivity index (χ1v) is 5.93.